The van der Waals surface area contributed by atoms with E-state index in [1.807, 2.05) is 22.9 Å². The van der Waals surface area contributed by atoms with Crippen LogP contribution < -0.4 is 14.2 Å². The molecule has 6 rings (SSSR count). The van der Waals surface area contributed by atoms with E-state index in [4.69, 9.17) is 23.7 Å². The number of nitriles is 1. The number of benzene rings is 1. The molecule has 1 aliphatic carbocycles. The van der Waals surface area contributed by atoms with E-state index in [0.29, 0.717) is 57.4 Å². The van der Waals surface area contributed by atoms with Crippen LogP contribution in [-0.2, 0) is 23.9 Å². The lowest BCUT2D eigenvalue weighted by atomic mass is 9.71. The van der Waals surface area contributed by atoms with Gasteiger partial charge >= 0.3 is 5.97 Å². The smallest absolute Gasteiger partial charge is 0.308 e. The molecule has 2 bridgehead atoms. The number of unbranched alkanes of at least 4 members (excludes halogenated alkanes) is 1. The van der Waals surface area contributed by atoms with Crippen LogP contribution in [0.5, 0.6) is 17.2 Å². The van der Waals surface area contributed by atoms with Gasteiger partial charge in [0.25, 0.3) is 0 Å². The number of hydrogen-bond donors (Lipinski definition) is 0. The van der Waals surface area contributed by atoms with Crippen LogP contribution in [-0.4, -0.2) is 79.6 Å². The maximum absolute atomic E-state index is 13.9. The number of fused-ring (bicyclic) bond motifs is 8. The Kier molecular flexibility index (Phi) is 7.30. The Labute approximate surface area is 250 Å². The number of hydrogen-bond acceptors (Lipinski definition) is 11. The molecule has 1 aromatic rings. The van der Waals surface area contributed by atoms with Crippen molar-refractivity contribution >= 4 is 23.6 Å². The highest BCUT2D eigenvalue weighted by Gasteiger charge is 2.56. The summed E-state index contributed by atoms with van der Waals surface area (Å²) in [6, 6.07) is 0.238. The van der Waals surface area contributed by atoms with Crippen molar-refractivity contribution in [1.29, 1.82) is 5.26 Å². The lowest BCUT2D eigenvalue weighted by Crippen LogP contribution is -2.66. The maximum Gasteiger partial charge on any atom is 0.308 e. The minimum atomic E-state index is -0.693. The fourth-order valence-electron chi connectivity index (χ4n) is 7.17. The average molecular weight is 590 g/mol. The summed E-state index contributed by atoms with van der Waals surface area (Å²) in [6.45, 7) is 7.55. The molecule has 4 atom stereocenters. The van der Waals surface area contributed by atoms with Crippen molar-refractivity contribution < 1.29 is 38.1 Å². The van der Waals surface area contributed by atoms with Gasteiger partial charge in [-0.15, -0.1) is 0 Å². The first-order valence-corrected chi connectivity index (χ1v) is 14.6. The van der Waals surface area contributed by atoms with Gasteiger partial charge in [-0.05, 0) is 39.8 Å². The summed E-state index contributed by atoms with van der Waals surface area (Å²) < 4.78 is 29.3. The van der Waals surface area contributed by atoms with E-state index < -0.39 is 24.1 Å². The number of carbonyl (C=O) groups excluding carboxylic acids is 3. The van der Waals surface area contributed by atoms with Gasteiger partial charge in [0.1, 0.15) is 11.8 Å². The van der Waals surface area contributed by atoms with Crippen LogP contribution in [0.4, 0.5) is 0 Å². The quantitative estimate of drug-likeness (QED) is 0.201. The Morgan fingerprint density at radius 1 is 1.19 bits per heavy atom. The SMILES string of the molecule is CCCCOC[C@H]1c2c(c(OC(C)=O)c(C)c3c2OCO3)C=C2C3C4=C(CC([C@H](C#N)N21)N3C)C(=O)C(C)=C(OC)C4=O. The molecular weight excluding hydrogens is 554 g/mol. The normalized spacial score (nSPS) is 25.6. The highest BCUT2D eigenvalue weighted by molar-refractivity contribution is 6.25. The van der Waals surface area contributed by atoms with Crippen LogP contribution in [0.1, 0.15) is 62.8 Å². The number of likely N-dealkylation sites (N-methyl/N-ethyl adjacent to an activating group) is 1. The molecule has 0 aromatic heterocycles. The number of methoxy groups -OCH3 is 1. The number of ketones is 2. The van der Waals surface area contributed by atoms with E-state index in [-0.39, 0.29) is 48.8 Å². The van der Waals surface area contributed by atoms with Crippen LogP contribution in [0.15, 0.2) is 28.2 Å². The Morgan fingerprint density at radius 2 is 1.93 bits per heavy atom. The zero-order valence-corrected chi connectivity index (χ0v) is 25.2. The van der Waals surface area contributed by atoms with Gasteiger partial charge in [-0.1, -0.05) is 13.3 Å². The minimum Gasteiger partial charge on any atom is -0.492 e. The monoisotopic (exact) mass is 589 g/mol. The number of allylic oxidation sites excluding steroid dienone is 2. The topological polar surface area (TPSA) is 128 Å². The largest absolute Gasteiger partial charge is 0.492 e. The molecule has 0 N–H and O–H groups in total. The summed E-state index contributed by atoms with van der Waals surface area (Å²) in [6.07, 6.45) is 3.92. The molecule has 0 amide bonds. The van der Waals surface area contributed by atoms with Gasteiger partial charge in [-0.2, -0.15) is 5.26 Å². The van der Waals surface area contributed by atoms with Gasteiger partial charge in [-0.25, -0.2) is 0 Å². The molecule has 1 fully saturated rings. The third-order valence-electron chi connectivity index (χ3n) is 9.13. The van der Waals surface area contributed by atoms with E-state index >= 15 is 0 Å². The van der Waals surface area contributed by atoms with E-state index in [1.165, 1.54) is 14.0 Å². The van der Waals surface area contributed by atoms with Crippen molar-refractivity contribution in [3.8, 4) is 23.3 Å². The van der Waals surface area contributed by atoms with Gasteiger partial charge in [0.2, 0.25) is 12.6 Å². The van der Waals surface area contributed by atoms with Gasteiger partial charge in [0.05, 0.1) is 31.9 Å². The predicted molar refractivity (Wildman–Crippen MR) is 153 cm³/mol. The summed E-state index contributed by atoms with van der Waals surface area (Å²) in [5.41, 5.74) is 3.56. The molecule has 0 saturated carbocycles. The third kappa shape index (κ3) is 4.18. The second kappa shape index (κ2) is 10.8. The van der Waals surface area contributed by atoms with Crippen LogP contribution in [0, 0.1) is 18.3 Å². The molecule has 2 unspecified atom stereocenters. The van der Waals surface area contributed by atoms with Crippen LogP contribution in [0.3, 0.4) is 0 Å². The number of carbonyl (C=O) groups is 3. The lowest BCUT2D eigenvalue weighted by Gasteiger charge is -2.57. The number of nitrogens with zero attached hydrogens (tertiary/aromatic N) is 3. The Bertz CT molecular complexity index is 1580. The molecule has 1 saturated heterocycles. The van der Waals surface area contributed by atoms with Gasteiger partial charge < -0.3 is 28.6 Å². The van der Waals surface area contributed by atoms with Gasteiger partial charge in [0.15, 0.2) is 23.0 Å². The Balaban J connectivity index is 1.62. The van der Waals surface area contributed by atoms with Gasteiger partial charge in [0, 0.05) is 58.7 Å². The van der Waals surface area contributed by atoms with Crippen LogP contribution in [0.2, 0.25) is 0 Å². The summed E-state index contributed by atoms with van der Waals surface area (Å²) >= 11 is 0. The molecule has 11 nitrogen and oxygen atoms in total. The number of Topliss-reactive ketones (excluding diaryl/α,β-unsaturated/α-hetero) is 2. The van der Waals surface area contributed by atoms with Crippen molar-refractivity contribution in [2.24, 2.45) is 0 Å². The molecule has 4 aliphatic heterocycles. The average Bonchev–Trinajstić information content (AvgIpc) is 3.47. The second-order valence-electron chi connectivity index (χ2n) is 11.5. The van der Waals surface area contributed by atoms with Crippen LogP contribution in [0.25, 0.3) is 6.08 Å². The molecule has 0 spiro atoms. The van der Waals surface area contributed by atoms with E-state index in [9.17, 15) is 19.6 Å². The molecule has 0 radical (unpaired) electrons. The number of esters is 1. The first-order chi connectivity index (χ1) is 20.7. The number of piperazine rings is 1. The first-order valence-electron chi connectivity index (χ1n) is 14.6. The van der Waals surface area contributed by atoms with Gasteiger partial charge in [-0.3, -0.25) is 19.3 Å². The summed E-state index contributed by atoms with van der Waals surface area (Å²) in [5, 5.41) is 10.7. The second-order valence-corrected chi connectivity index (χ2v) is 11.5. The zero-order chi connectivity index (χ0) is 30.7. The Hall–Kier alpha value is -4.14. The van der Waals surface area contributed by atoms with Crippen molar-refractivity contribution in [2.45, 2.75) is 71.1 Å². The predicted octanol–water partition coefficient (Wildman–Crippen LogP) is 3.51. The van der Waals surface area contributed by atoms with Crippen molar-refractivity contribution in [3.63, 3.8) is 0 Å². The van der Waals surface area contributed by atoms with Crippen molar-refractivity contribution in [3.05, 3.63) is 44.9 Å². The molecular formula is C32H35N3O8. The van der Waals surface area contributed by atoms with Crippen molar-refractivity contribution in [1.82, 2.24) is 9.80 Å². The van der Waals surface area contributed by atoms with E-state index in [1.54, 1.807) is 13.8 Å². The maximum atomic E-state index is 13.9. The standard InChI is InChI=1S/C32H35N3O8/c1-7-8-9-40-13-23-24-19(29(43-17(4)36)16(3)31-32(24)42-14-41-31)11-21-26-25-18(27(37)15(2)30(39-6)28(25)38)10-20(34(26)5)22(12-33)35(21)23/h11,20,22-23,26H,7-10,13-14H2,1-6H3/t20?,22-,23-,26?/m0/s1. The fraction of sp³-hybridized carbons (Fsp3) is 0.500. The zero-order valence-electron chi connectivity index (χ0n) is 25.2. The number of ether oxygens (including phenoxy) is 5. The minimum absolute atomic E-state index is 0.000126. The highest BCUT2D eigenvalue weighted by atomic mass is 16.7. The molecule has 4 heterocycles. The summed E-state index contributed by atoms with van der Waals surface area (Å²) in [7, 11) is 3.26. The fourth-order valence-corrected chi connectivity index (χ4v) is 7.17. The molecule has 43 heavy (non-hydrogen) atoms. The summed E-state index contributed by atoms with van der Waals surface area (Å²) in [5.74, 6) is 0.267. The first kappa shape index (κ1) is 29.0. The van der Waals surface area contributed by atoms with Crippen molar-refractivity contribution in [2.75, 3.05) is 34.2 Å². The Morgan fingerprint density at radius 3 is 2.60 bits per heavy atom. The molecule has 5 aliphatic rings. The van der Waals surface area contributed by atoms with E-state index in [0.717, 1.165) is 12.8 Å². The number of rotatable bonds is 7. The van der Waals surface area contributed by atoms with Crippen LogP contribution >= 0.6 is 0 Å². The summed E-state index contributed by atoms with van der Waals surface area (Å²) in [4.78, 5) is 43.9. The molecule has 11 heteroatoms. The third-order valence-corrected chi connectivity index (χ3v) is 9.13. The molecule has 1 aromatic carbocycles. The van der Waals surface area contributed by atoms with E-state index in [2.05, 4.69) is 13.0 Å². The molecule has 226 valence electrons. The lowest BCUT2D eigenvalue weighted by molar-refractivity contribution is -0.132. The highest BCUT2D eigenvalue weighted by Crippen LogP contribution is 2.56.